The summed E-state index contributed by atoms with van der Waals surface area (Å²) >= 11 is 13.1. The fraction of sp³-hybridized carbons (Fsp3) is 0.517. The number of aliphatic hydroxyl groups is 1. The van der Waals surface area contributed by atoms with Crippen LogP contribution in [0, 0.1) is 5.92 Å². The van der Waals surface area contributed by atoms with Crippen LogP contribution in [0.25, 0.3) is 0 Å². The van der Waals surface area contributed by atoms with Crippen LogP contribution < -0.4 is 5.32 Å². The number of carbonyl (C=O) groups excluding carboxylic acids is 2. The fourth-order valence-corrected chi connectivity index (χ4v) is 5.41. The van der Waals surface area contributed by atoms with Crippen LogP contribution in [0.4, 0.5) is 0 Å². The van der Waals surface area contributed by atoms with Crippen LogP contribution in [0.2, 0.25) is 0 Å². The first-order chi connectivity index (χ1) is 18.3. The van der Waals surface area contributed by atoms with Gasteiger partial charge in [0.15, 0.2) is 0 Å². The number of halogens is 2. The minimum absolute atomic E-state index is 0.0912. The summed E-state index contributed by atoms with van der Waals surface area (Å²) in [5.41, 5.74) is 1.71. The van der Waals surface area contributed by atoms with Gasteiger partial charge in [-0.3, -0.25) is 4.79 Å². The third-order valence-corrected chi connectivity index (χ3v) is 7.58. The van der Waals surface area contributed by atoms with Gasteiger partial charge in [-0.1, -0.05) is 60.7 Å². The monoisotopic (exact) mass is 564 g/mol. The number of benzene rings is 2. The molecule has 1 aliphatic rings. The molecule has 0 spiro atoms. The second-order valence-electron chi connectivity index (χ2n) is 9.98. The number of hydrogen-bond donors (Lipinski definition) is 2. The van der Waals surface area contributed by atoms with E-state index in [1.165, 1.54) is 0 Å². The SMILES string of the molecule is CN(C)CCCCOC1C(Cl)CC(C(=O)N[C@H](Cc2ccccc2)C(=O)OCc2ccccc2)C(O)C1Cl. The molecule has 2 aromatic carbocycles. The van der Waals surface area contributed by atoms with Gasteiger partial charge in [-0.05, 0) is 51.0 Å². The maximum absolute atomic E-state index is 13.3. The highest BCUT2D eigenvalue weighted by Crippen LogP contribution is 2.34. The van der Waals surface area contributed by atoms with Crippen molar-refractivity contribution in [2.24, 2.45) is 5.92 Å². The van der Waals surface area contributed by atoms with Crippen molar-refractivity contribution in [3.63, 3.8) is 0 Å². The average molecular weight is 566 g/mol. The van der Waals surface area contributed by atoms with E-state index in [0.29, 0.717) is 6.61 Å². The van der Waals surface area contributed by atoms with Crippen molar-refractivity contribution in [2.75, 3.05) is 27.2 Å². The summed E-state index contributed by atoms with van der Waals surface area (Å²) in [5.74, 6) is -1.93. The van der Waals surface area contributed by atoms with Gasteiger partial charge in [0, 0.05) is 13.0 Å². The summed E-state index contributed by atoms with van der Waals surface area (Å²) in [5, 5.41) is 12.3. The van der Waals surface area contributed by atoms with Crippen molar-refractivity contribution < 1.29 is 24.2 Å². The number of nitrogens with one attached hydrogen (secondary N) is 1. The Morgan fingerprint density at radius 2 is 1.66 bits per heavy atom. The molecule has 6 atom stereocenters. The minimum atomic E-state index is -1.17. The molecule has 1 fully saturated rings. The zero-order chi connectivity index (χ0) is 27.5. The quantitative estimate of drug-likeness (QED) is 0.219. The lowest BCUT2D eigenvalue weighted by Crippen LogP contribution is -2.56. The highest BCUT2D eigenvalue weighted by Gasteiger charge is 2.46. The fourth-order valence-electron chi connectivity index (χ4n) is 4.49. The molecule has 7 nitrogen and oxygen atoms in total. The number of unbranched alkanes of at least 4 members (excludes halogenated alkanes) is 1. The van der Waals surface area contributed by atoms with Crippen LogP contribution in [0.5, 0.6) is 0 Å². The third-order valence-electron chi connectivity index (χ3n) is 6.64. The van der Waals surface area contributed by atoms with E-state index in [0.717, 1.165) is 30.5 Å². The number of esters is 1. The first kappa shape index (κ1) is 30.4. The molecule has 38 heavy (non-hydrogen) atoms. The topological polar surface area (TPSA) is 88.1 Å². The normalized spacial score (nSPS) is 24.1. The van der Waals surface area contributed by atoms with Gasteiger partial charge < -0.3 is 24.8 Å². The molecule has 0 saturated heterocycles. The average Bonchev–Trinajstić information content (AvgIpc) is 2.91. The van der Waals surface area contributed by atoms with Crippen LogP contribution in [0.1, 0.15) is 30.4 Å². The molecule has 9 heteroatoms. The van der Waals surface area contributed by atoms with Gasteiger partial charge in [-0.25, -0.2) is 4.79 Å². The largest absolute Gasteiger partial charge is 0.459 e. The maximum Gasteiger partial charge on any atom is 0.329 e. The molecule has 0 radical (unpaired) electrons. The summed E-state index contributed by atoms with van der Waals surface area (Å²) in [6, 6.07) is 17.8. The van der Waals surface area contributed by atoms with E-state index < -0.39 is 46.8 Å². The van der Waals surface area contributed by atoms with E-state index in [1.54, 1.807) is 0 Å². The highest BCUT2D eigenvalue weighted by atomic mass is 35.5. The molecule has 0 bridgehead atoms. The molecule has 2 N–H and O–H groups in total. The zero-order valence-corrected chi connectivity index (χ0v) is 23.5. The van der Waals surface area contributed by atoms with Crippen LogP contribution in [-0.4, -0.2) is 78.1 Å². The van der Waals surface area contributed by atoms with E-state index in [2.05, 4.69) is 10.2 Å². The van der Waals surface area contributed by atoms with Gasteiger partial charge in [-0.15, -0.1) is 23.2 Å². The molecule has 0 heterocycles. The Labute approximate surface area is 235 Å². The van der Waals surface area contributed by atoms with Crippen LogP contribution in [0.15, 0.2) is 60.7 Å². The maximum atomic E-state index is 13.3. The van der Waals surface area contributed by atoms with Crippen molar-refractivity contribution in [2.45, 2.75) is 61.3 Å². The third kappa shape index (κ3) is 9.24. The van der Waals surface area contributed by atoms with Gasteiger partial charge in [0.2, 0.25) is 5.91 Å². The summed E-state index contributed by atoms with van der Waals surface area (Å²) in [4.78, 5) is 28.4. The molecule has 0 aromatic heterocycles. The van der Waals surface area contributed by atoms with Gasteiger partial charge in [-0.2, -0.15) is 0 Å². The van der Waals surface area contributed by atoms with E-state index in [4.69, 9.17) is 32.7 Å². The number of rotatable bonds is 13. The number of carbonyl (C=O) groups is 2. The molecule has 2 aromatic rings. The lowest BCUT2D eigenvalue weighted by atomic mass is 9.83. The van der Waals surface area contributed by atoms with Crippen molar-refractivity contribution in [1.29, 1.82) is 0 Å². The number of aliphatic hydroxyl groups excluding tert-OH is 1. The minimum Gasteiger partial charge on any atom is -0.459 e. The molecular formula is C29H38Cl2N2O5. The Morgan fingerprint density at radius 1 is 1.03 bits per heavy atom. The highest BCUT2D eigenvalue weighted by molar-refractivity contribution is 6.25. The standard InChI is InChI=1S/C29H38Cl2N2O5/c1-33(2)15-9-10-16-37-27-23(30)18-22(26(34)25(27)31)28(35)32-24(17-20-11-5-3-6-12-20)29(36)38-19-21-13-7-4-8-14-21/h3-8,11-14,22-27,34H,9-10,15-19H2,1-2H3,(H,32,35)/t22?,23?,24-,25?,26?,27?/m1/s1. The van der Waals surface area contributed by atoms with E-state index >= 15 is 0 Å². The molecule has 208 valence electrons. The van der Waals surface area contributed by atoms with Gasteiger partial charge in [0.05, 0.1) is 28.9 Å². The van der Waals surface area contributed by atoms with Crippen LogP contribution in [-0.2, 0) is 32.1 Å². The summed E-state index contributed by atoms with van der Waals surface area (Å²) in [6.07, 6.45) is 0.488. The Balaban J connectivity index is 1.61. The van der Waals surface area contributed by atoms with E-state index in [-0.39, 0.29) is 19.4 Å². The van der Waals surface area contributed by atoms with Crippen LogP contribution in [0.3, 0.4) is 0 Å². The summed E-state index contributed by atoms with van der Waals surface area (Å²) < 4.78 is 11.4. The number of ether oxygens (including phenoxy) is 2. The number of nitrogens with zero attached hydrogens (tertiary/aromatic N) is 1. The Hall–Kier alpha value is -2.16. The first-order valence-electron chi connectivity index (χ1n) is 13.0. The van der Waals surface area contributed by atoms with E-state index in [9.17, 15) is 14.7 Å². The van der Waals surface area contributed by atoms with Crippen molar-refractivity contribution in [3.05, 3.63) is 71.8 Å². The lowest BCUT2D eigenvalue weighted by Gasteiger charge is -2.39. The molecule has 0 aliphatic heterocycles. The summed E-state index contributed by atoms with van der Waals surface area (Å²) in [6.45, 7) is 1.51. The van der Waals surface area contributed by atoms with Crippen molar-refractivity contribution >= 4 is 35.1 Å². The van der Waals surface area contributed by atoms with E-state index in [1.807, 2.05) is 74.8 Å². The molecule has 1 amide bonds. The molecular weight excluding hydrogens is 527 g/mol. The van der Waals surface area contributed by atoms with Gasteiger partial charge in [0.25, 0.3) is 0 Å². The Bertz CT molecular complexity index is 995. The van der Waals surface area contributed by atoms with Crippen molar-refractivity contribution in [1.82, 2.24) is 10.2 Å². The Kier molecular flexibility index (Phi) is 12.3. The second-order valence-corrected chi connectivity index (χ2v) is 11.0. The zero-order valence-electron chi connectivity index (χ0n) is 22.0. The predicted octanol–water partition coefficient (Wildman–Crippen LogP) is 3.78. The van der Waals surface area contributed by atoms with Crippen LogP contribution >= 0.6 is 23.2 Å². The predicted molar refractivity (Wildman–Crippen MR) is 149 cm³/mol. The molecule has 5 unspecified atom stereocenters. The van der Waals surface area contributed by atoms with Gasteiger partial charge in [0.1, 0.15) is 12.6 Å². The number of alkyl halides is 2. The number of amides is 1. The molecule has 1 saturated carbocycles. The Morgan fingerprint density at radius 3 is 2.29 bits per heavy atom. The van der Waals surface area contributed by atoms with Gasteiger partial charge >= 0.3 is 5.97 Å². The lowest BCUT2D eigenvalue weighted by molar-refractivity contribution is -0.150. The summed E-state index contributed by atoms with van der Waals surface area (Å²) in [7, 11) is 4.03. The van der Waals surface area contributed by atoms with Crippen molar-refractivity contribution in [3.8, 4) is 0 Å². The smallest absolute Gasteiger partial charge is 0.329 e. The first-order valence-corrected chi connectivity index (χ1v) is 13.9. The number of hydrogen-bond acceptors (Lipinski definition) is 6. The molecule has 1 aliphatic carbocycles. The second kappa shape index (κ2) is 15.4. The molecule has 3 rings (SSSR count).